The minimum absolute atomic E-state index is 0.201. The second-order valence-corrected chi connectivity index (χ2v) is 5.49. The molecule has 17 heavy (non-hydrogen) atoms. The number of rotatable bonds is 2. The molecule has 1 saturated carbocycles. The predicted molar refractivity (Wildman–Crippen MR) is 68.6 cm³/mol. The largest absolute Gasteiger partial charge is 0.358 e. The minimum Gasteiger partial charge on any atom is -0.358 e. The standard InChI is InChI=1S/C15H21NO/c1-3-7-14(8-4-1)11-16-12-15(17-13-16)9-5-2-6-10-15/h1,3-4,7-8H,2,5-6,9-13H2. The van der Waals surface area contributed by atoms with Crippen LogP contribution in [0.5, 0.6) is 0 Å². The molecule has 0 bridgehead atoms. The van der Waals surface area contributed by atoms with Gasteiger partial charge in [-0.05, 0) is 18.4 Å². The van der Waals surface area contributed by atoms with Gasteiger partial charge < -0.3 is 4.74 Å². The zero-order chi connectivity index (χ0) is 11.6. The first-order valence-corrected chi connectivity index (χ1v) is 6.77. The predicted octanol–water partition coefficient (Wildman–Crippen LogP) is 3.18. The Balaban J connectivity index is 1.60. The van der Waals surface area contributed by atoms with Gasteiger partial charge in [0, 0.05) is 13.1 Å². The Hall–Kier alpha value is -0.860. The quantitative estimate of drug-likeness (QED) is 0.775. The summed E-state index contributed by atoms with van der Waals surface area (Å²) >= 11 is 0. The van der Waals surface area contributed by atoms with Gasteiger partial charge in [-0.15, -0.1) is 0 Å². The van der Waals surface area contributed by atoms with Crippen molar-refractivity contribution in [2.24, 2.45) is 0 Å². The Morgan fingerprint density at radius 1 is 1.06 bits per heavy atom. The molecule has 0 aromatic heterocycles. The van der Waals surface area contributed by atoms with Crippen molar-refractivity contribution in [2.45, 2.75) is 44.2 Å². The Kier molecular flexibility index (Phi) is 3.17. The molecule has 3 rings (SSSR count). The molecule has 0 radical (unpaired) electrons. The van der Waals surface area contributed by atoms with E-state index in [0.29, 0.717) is 0 Å². The summed E-state index contributed by atoms with van der Waals surface area (Å²) in [7, 11) is 0. The van der Waals surface area contributed by atoms with E-state index in [2.05, 4.69) is 35.2 Å². The Labute approximate surface area is 104 Å². The highest BCUT2D eigenvalue weighted by Crippen LogP contribution is 2.36. The van der Waals surface area contributed by atoms with Crippen LogP contribution in [0.25, 0.3) is 0 Å². The Bertz CT molecular complexity index is 356. The number of ether oxygens (including phenoxy) is 1. The van der Waals surface area contributed by atoms with Crippen molar-refractivity contribution < 1.29 is 4.74 Å². The Morgan fingerprint density at radius 3 is 2.59 bits per heavy atom. The van der Waals surface area contributed by atoms with Crippen LogP contribution >= 0.6 is 0 Å². The molecule has 1 spiro atoms. The van der Waals surface area contributed by atoms with Crippen molar-refractivity contribution in [3.05, 3.63) is 35.9 Å². The molecule has 1 saturated heterocycles. The summed E-state index contributed by atoms with van der Waals surface area (Å²) < 4.78 is 6.09. The second-order valence-electron chi connectivity index (χ2n) is 5.49. The third-order valence-corrected chi connectivity index (χ3v) is 4.08. The summed E-state index contributed by atoms with van der Waals surface area (Å²) in [5.41, 5.74) is 1.59. The van der Waals surface area contributed by atoms with E-state index in [1.165, 1.54) is 37.7 Å². The van der Waals surface area contributed by atoms with Crippen LogP contribution in [0, 0.1) is 0 Å². The summed E-state index contributed by atoms with van der Waals surface area (Å²) in [6.07, 6.45) is 6.61. The highest BCUT2D eigenvalue weighted by atomic mass is 16.5. The van der Waals surface area contributed by atoms with Crippen molar-refractivity contribution >= 4 is 0 Å². The van der Waals surface area contributed by atoms with Crippen LogP contribution in [0.15, 0.2) is 30.3 Å². The smallest absolute Gasteiger partial charge is 0.100 e. The molecule has 1 aromatic rings. The van der Waals surface area contributed by atoms with Gasteiger partial charge in [-0.3, -0.25) is 4.90 Å². The summed E-state index contributed by atoms with van der Waals surface area (Å²) in [6.45, 7) is 2.97. The van der Waals surface area contributed by atoms with Crippen LogP contribution in [-0.2, 0) is 11.3 Å². The molecule has 1 aliphatic carbocycles. The first-order chi connectivity index (χ1) is 8.36. The molecule has 0 N–H and O–H groups in total. The van der Waals surface area contributed by atoms with Crippen LogP contribution in [-0.4, -0.2) is 23.8 Å². The number of benzene rings is 1. The van der Waals surface area contributed by atoms with E-state index in [1.54, 1.807) is 0 Å². The lowest BCUT2D eigenvalue weighted by atomic mass is 9.85. The van der Waals surface area contributed by atoms with E-state index in [9.17, 15) is 0 Å². The van der Waals surface area contributed by atoms with E-state index < -0.39 is 0 Å². The summed E-state index contributed by atoms with van der Waals surface area (Å²) in [5.74, 6) is 0. The lowest BCUT2D eigenvalue weighted by Gasteiger charge is -2.31. The van der Waals surface area contributed by atoms with Gasteiger partial charge in [0.15, 0.2) is 0 Å². The number of hydrogen-bond donors (Lipinski definition) is 0. The van der Waals surface area contributed by atoms with Crippen LogP contribution in [0.3, 0.4) is 0 Å². The lowest BCUT2D eigenvalue weighted by Crippen LogP contribution is -2.36. The molecule has 2 fully saturated rings. The SMILES string of the molecule is c1ccc(CN2COC3(CCCCC3)C2)cc1. The fraction of sp³-hybridized carbons (Fsp3) is 0.600. The first kappa shape index (κ1) is 11.2. The third-order valence-electron chi connectivity index (χ3n) is 4.08. The van der Waals surface area contributed by atoms with Gasteiger partial charge >= 0.3 is 0 Å². The topological polar surface area (TPSA) is 12.5 Å². The van der Waals surface area contributed by atoms with Crippen molar-refractivity contribution in [3.63, 3.8) is 0 Å². The van der Waals surface area contributed by atoms with Gasteiger partial charge in [0.05, 0.1) is 5.60 Å². The monoisotopic (exact) mass is 231 g/mol. The molecule has 0 amide bonds. The maximum Gasteiger partial charge on any atom is 0.100 e. The van der Waals surface area contributed by atoms with Gasteiger partial charge in [-0.25, -0.2) is 0 Å². The molecule has 92 valence electrons. The van der Waals surface area contributed by atoms with Crippen LogP contribution < -0.4 is 0 Å². The maximum absolute atomic E-state index is 6.09. The zero-order valence-corrected chi connectivity index (χ0v) is 10.4. The molecule has 1 aromatic carbocycles. The molecule has 2 aliphatic rings. The van der Waals surface area contributed by atoms with Gasteiger partial charge in [-0.1, -0.05) is 49.6 Å². The van der Waals surface area contributed by atoms with Crippen LogP contribution in [0.1, 0.15) is 37.7 Å². The summed E-state index contributed by atoms with van der Waals surface area (Å²) in [6, 6.07) is 10.7. The second kappa shape index (κ2) is 4.79. The molecule has 1 aliphatic heterocycles. The van der Waals surface area contributed by atoms with Gasteiger partial charge in [0.1, 0.15) is 6.73 Å². The van der Waals surface area contributed by atoms with E-state index in [-0.39, 0.29) is 5.60 Å². The van der Waals surface area contributed by atoms with Gasteiger partial charge in [0.2, 0.25) is 0 Å². The van der Waals surface area contributed by atoms with Crippen molar-refractivity contribution in [2.75, 3.05) is 13.3 Å². The Morgan fingerprint density at radius 2 is 1.82 bits per heavy atom. The van der Waals surface area contributed by atoms with Gasteiger partial charge in [-0.2, -0.15) is 0 Å². The molecule has 2 nitrogen and oxygen atoms in total. The van der Waals surface area contributed by atoms with E-state index in [1.807, 2.05) is 0 Å². The molecular formula is C15H21NO. The third kappa shape index (κ3) is 2.53. The molecule has 0 atom stereocenters. The van der Waals surface area contributed by atoms with Crippen LogP contribution in [0.2, 0.25) is 0 Å². The van der Waals surface area contributed by atoms with Crippen molar-refractivity contribution in [1.29, 1.82) is 0 Å². The van der Waals surface area contributed by atoms with Crippen LogP contribution in [0.4, 0.5) is 0 Å². The normalized spacial score (nSPS) is 24.2. The number of nitrogens with zero attached hydrogens (tertiary/aromatic N) is 1. The fourth-order valence-electron chi connectivity index (χ4n) is 3.17. The number of hydrogen-bond acceptors (Lipinski definition) is 2. The fourth-order valence-corrected chi connectivity index (χ4v) is 3.17. The molecular weight excluding hydrogens is 210 g/mol. The summed E-state index contributed by atoms with van der Waals surface area (Å²) in [4.78, 5) is 2.45. The van der Waals surface area contributed by atoms with E-state index in [4.69, 9.17) is 4.74 Å². The molecule has 2 heteroatoms. The van der Waals surface area contributed by atoms with Crippen molar-refractivity contribution in [3.8, 4) is 0 Å². The molecule has 1 heterocycles. The average Bonchev–Trinajstić information content (AvgIpc) is 2.74. The maximum atomic E-state index is 6.09. The molecule has 0 unspecified atom stereocenters. The highest BCUT2D eigenvalue weighted by Gasteiger charge is 2.39. The average molecular weight is 231 g/mol. The minimum atomic E-state index is 0.201. The van der Waals surface area contributed by atoms with Crippen molar-refractivity contribution in [1.82, 2.24) is 4.90 Å². The lowest BCUT2D eigenvalue weighted by molar-refractivity contribution is -0.0215. The zero-order valence-electron chi connectivity index (χ0n) is 10.4. The first-order valence-electron chi connectivity index (χ1n) is 6.77. The van der Waals surface area contributed by atoms with E-state index in [0.717, 1.165) is 19.8 Å². The van der Waals surface area contributed by atoms with E-state index >= 15 is 0 Å². The summed E-state index contributed by atoms with van der Waals surface area (Å²) in [5, 5.41) is 0. The highest BCUT2D eigenvalue weighted by molar-refractivity contribution is 5.14. The van der Waals surface area contributed by atoms with Gasteiger partial charge in [0.25, 0.3) is 0 Å².